The zero-order valence-electron chi connectivity index (χ0n) is 11.6. The third-order valence-corrected chi connectivity index (χ3v) is 4.35. The molecular weight excluding hydrogens is 339 g/mol. The normalized spacial score (nSPS) is 10.0. The third-order valence-electron chi connectivity index (χ3n) is 2.48. The first-order valence-corrected chi connectivity index (χ1v) is 7.94. The molecule has 1 heterocycles. The molecule has 1 aromatic heterocycles. The van der Waals surface area contributed by atoms with Gasteiger partial charge < -0.3 is 0 Å². The number of rotatable bonds is 5. The molecule has 0 saturated heterocycles. The molecule has 0 fully saturated rings. The van der Waals surface area contributed by atoms with Gasteiger partial charge in [-0.15, -0.1) is 0 Å². The molecular formula is C14H14N2O4Se. The van der Waals surface area contributed by atoms with Crippen LogP contribution in [0.3, 0.4) is 0 Å². The number of benzene rings is 1. The Morgan fingerprint density at radius 3 is 2.67 bits per heavy atom. The van der Waals surface area contributed by atoms with Crippen molar-refractivity contribution in [2.24, 2.45) is 0 Å². The van der Waals surface area contributed by atoms with Gasteiger partial charge in [0.1, 0.15) is 0 Å². The Kier molecular flexibility index (Phi) is 5.14. The summed E-state index contributed by atoms with van der Waals surface area (Å²) < 4.78 is 10.8. The van der Waals surface area contributed by atoms with E-state index in [2.05, 4.69) is 15.0 Å². The van der Waals surface area contributed by atoms with Crippen LogP contribution in [-0.4, -0.2) is 39.2 Å². The molecule has 21 heavy (non-hydrogen) atoms. The van der Waals surface area contributed by atoms with Crippen molar-refractivity contribution < 1.29 is 14.3 Å². The summed E-state index contributed by atoms with van der Waals surface area (Å²) in [5.41, 5.74) is 0.315. The van der Waals surface area contributed by atoms with Gasteiger partial charge in [0.2, 0.25) is 0 Å². The van der Waals surface area contributed by atoms with E-state index in [1.807, 2.05) is 31.2 Å². The minimum absolute atomic E-state index is 0.346. The number of hydrogen-bond acceptors (Lipinski definition) is 6. The molecule has 1 aromatic carbocycles. The fourth-order valence-corrected chi connectivity index (χ4v) is 3.34. The van der Waals surface area contributed by atoms with Gasteiger partial charge in [-0.05, 0) is 0 Å². The Morgan fingerprint density at radius 1 is 1.33 bits per heavy atom. The molecule has 0 spiro atoms. The van der Waals surface area contributed by atoms with E-state index in [1.54, 1.807) is 0 Å². The molecule has 7 heteroatoms. The van der Waals surface area contributed by atoms with Crippen molar-refractivity contribution in [3.05, 3.63) is 45.1 Å². The van der Waals surface area contributed by atoms with Crippen LogP contribution in [-0.2, 0) is 4.74 Å². The van der Waals surface area contributed by atoms with Gasteiger partial charge in [0, 0.05) is 0 Å². The van der Waals surface area contributed by atoms with Crippen LogP contribution in [0, 0.1) is 0 Å². The second-order valence-electron chi connectivity index (χ2n) is 3.94. The number of nitrogens with zero attached hydrogens (tertiary/aromatic N) is 1. The van der Waals surface area contributed by atoms with E-state index < -0.39 is 11.5 Å². The number of esters is 1. The Bertz CT molecular complexity index is 682. The van der Waals surface area contributed by atoms with Gasteiger partial charge >= 0.3 is 127 Å². The molecule has 0 aliphatic rings. The number of aromatic nitrogens is 1. The van der Waals surface area contributed by atoms with Crippen LogP contribution in [0.5, 0.6) is 5.75 Å². The summed E-state index contributed by atoms with van der Waals surface area (Å²) in [5.74, 6) is 0.273. The van der Waals surface area contributed by atoms with Gasteiger partial charge in [0.15, 0.2) is 0 Å². The maximum atomic E-state index is 11.5. The van der Waals surface area contributed by atoms with E-state index in [-0.39, 0.29) is 14.5 Å². The average Bonchev–Trinajstić information content (AvgIpc) is 2.48. The molecule has 0 unspecified atom stereocenters. The fourth-order valence-electron chi connectivity index (χ4n) is 1.58. The number of anilines is 2. The van der Waals surface area contributed by atoms with Crippen molar-refractivity contribution in [3.63, 3.8) is 0 Å². The van der Waals surface area contributed by atoms with Crippen molar-refractivity contribution in [3.8, 4) is 5.75 Å². The quantitative estimate of drug-likeness (QED) is 0.647. The number of hydrogen-bond donors (Lipinski definition) is 1. The number of nitrogens with one attached hydrogen (secondary N) is 1. The van der Waals surface area contributed by atoms with E-state index >= 15 is 0 Å². The molecule has 0 atom stereocenters. The molecule has 0 aliphatic heterocycles. The molecule has 110 valence electrons. The summed E-state index contributed by atoms with van der Waals surface area (Å²) in [6.07, 6.45) is 0. The first kappa shape index (κ1) is 15.3. The van der Waals surface area contributed by atoms with Crippen molar-refractivity contribution in [2.75, 3.05) is 19.0 Å². The number of carbonyl (C=O) groups is 1. The summed E-state index contributed by atoms with van der Waals surface area (Å²) in [5, 5.41) is 3.04. The van der Waals surface area contributed by atoms with Gasteiger partial charge in [-0.25, -0.2) is 0 Å². The maximum absolute atomic E-state index is 11.5. The predicted octanol–water partition coefficient (Wildman–Crippen LogP) is 1.43. The number of carbonyl (C=O) groups excluding carboxylic acids is 1. The van der Waals surface area contributed by atoms with E-state index in [1.165, 1.54) is 13.2 Å². The second kappa shape index (κ2) is 7.06. The fraction of sp³-hybridized carbons (Fsp3) is 0.214. The first-order valence-electron chi connectivity index (χ1n) is 6.22. The summed E-state index contributed by atoms with van der Waals surface area (Å²) in [6, 6.07) is 8.51. The van der Waals surface area contributed by atoms with Crippen LogP contribution in [0.2, 0.25) is 0 Å². The van der Waals surface area contributed by atoms with E-state index in [4.69, 9.17) is 4.74 Å². The molecule has 1 N–H and O–H groups in total. The Hall–Kier alpha value is -2.11. The van der Waals surface area contributed by atoms with E-state index in [9.17, 15) is 9.59 Å². The third kappa shape index (κ3) is 4.18. The van der Waals surface area contributed by atoms with Crippen molar-refractivity contribution in [1.29, 1.82) is 0 Å². The van der Waals surface area contributed by atoms with Gasteiger partial charge in [-0.1, -0.05) is 0 Å². The van der Waals surface area contributed by atoms with Crippen LogP contribution in [0.25, 0.3) is 0 Å². The average molecular weight is 353 g/mol. The van der Waals surface area contributed by atoms with Gasteiger partial charge in [-0.3, -0.25) is 0 Å². The predicted molar refractivity (Wildman–Crippen MR) is 79.7 cm³/mol. The summed E-state index contributed by atoms with van der Waals surface area (Å²) in [7, 11) is 1.29. The van der Waals surface area contributed by atoms with Crippen molar-refractivity contribution in [1.82, 2.24) is 4.98 Å². The van der Waals surface area contributed by atoms with Crippen LogP contribution in [0.15, 0.2) is 35.1 Å². The van der Waals surface area contributed by atoms with Gasteiger partial charge in [-0.2, -0.15) is 0 Å². The zero-order chi connectivity index (χ0) is 15.2. The number of ether oxygens (including phenoxy) is 2. The zero-order valence-corrected chi connectivity index (χ0v) is 13.3. The van der Waals surface area contributed by atoms with Crippen LogP contribution in [0.4, 0.5) is 10.4 Å². The van der Waals surface area contributed by atoms with Crippen LogP contribution in [0.1, 0.15) is 16.2 Å². The summed E-state index contributed by atoms with van der Waals surface area (Å²) >= 11 is -0.389. The van der Waals surface area contributed by atoms with Crippen LogP contribution >= 0.6 is 0 Å². The summed E-state index contributed by atoms with van der Waals surface area (Å²) in [6.45, 7) is 2.52. The van der Waals surface area contributed by atoms with Crippen LogP contribution < -0.4 is 15.6 Å². The molecule has 0 saturated carbocycles. The summed E-state index contributed by atoms with van der Waals surface area (Å²) in [4.78, 5) is 26.9. The molecule has 6 nitrogen and oxygen atoms in total. The number of methoxy groups -OCH3 is 1. The van der Waals surface area contributed by atoms with Crippen molar-refractivity contribution >= 4 is 30.9 Å². The van der Waals surface area contributed by atoms with E-state index in [0.717, 1.165) is 11.4 Å². The van der Waals surface area contributed by atoms with Crippen molar-refractivity contribution in [2.45, 2.75) is 6.92 Å². The molecule has 2 aromatic rings. The molecule has 0 radical (unpaired) electrons. The minimum atomic E-state index is -0.496. The second-order valence-corrected chi connectivity index (χ2v) is 6.10. The molecule has 0 bridgehead atoms. The van der Waals surface area contributed by atoms with Gasteiger partial charge in [0.25, 0.3) is 0 Å². The standard InChI is InChI=1S/C14H14N2O4Se/c1-3-20-10-6-4-9(5-7-10)15-14-16-12(17)8-11(21-14)13(18)19-2/h4-8H,3H2,1-2H3,(H,15,16,17). The SMILES string of the molecule is CCOc1ccc(Nc2nc(=O)cc(C(=O)OC)[se]2)cc1. The molecule has 0 amide bonds. The molecule has 0 aliphatic carbocycles. The first-order chi connectivity index (χ1) is 10.1. The Balaban J connectivity index is 2.20. The van der Waals surface area contributed by atoms with E-state index in [0.29, 0.717) is 15.7 Å². The topological polar surface area (TPSA) is 77.5 Å². The molecule has 2 rings (SSSR count). The van der Waals surface area contributed by atoms with Gasteiger partial charge in [0.05, 0.1) is 0 Å². The Morgan fingerprint density at radius 2 is 2.05 bits per heavy atom. The monoisotopic (exact) mass is 354 g/mol. The Labute approximate surface area is 127 Å².